The van der Waals surface area contributed by atoms with Gasteiger partial charge in [-0.25, -0.2) is 0 Å². The highest BCUT2D eigenvalue weighted by atomic mass is 15.2. The van der Waals surface area contributed by atoms with Crippen LogP contribution >= 0.6 is 0 Å². The number of nitrogens with zero attached hydrogens (tertiary/aromatic N) is 1. The summed E-state index contributed by atoms with van der Waals surface area (Å²) in [6, 6.07) is 0.778. The zero-order chi connectivity index (χ0) is 7.40. The zero-order valence-corrected chi connectivity index (χ0v) is 7.06. The van der Waals surface area contributed by atoms with Crippen LogP contribution in [0.3, 0.4) is 0 Å². The van der Waals surface area contributed by atoms with Crippen LogP contribution in [0.4, 0.5) is 0 Å². The summed E-state index contributed by atoms with van der Waals surface area (Å²) in [5.74, 6) is 0. The standard InChI is InChI=1S/C8H18N2/c1-3-10-7-6-9-5-4-8(10)2/h8-9H,3-7H2,1-2H3/t8-/m0/s1. The molecule has 0 spiro atoms. The lowest BCUT2D eigenvalue weighted by Crippen LogP contribution is -2.33. The van der Waals surface area contributed by atoms with Gasteiger partial charge in [0.15, 0.2) is 0 Å². The Morgan fingerprint density at radius 3 is 3.00 bits per heavy atom. The SMILES string of the molecule is CCN1CCNCC[C@@H]1C. The maximum Gasteiger partial charge on any atom is 0.0110 e. The topological polar surface area (TPSA) is 15.3 Å². The van der Waals surface area contributed by atoms with Crippen LogP contribution in [0.1, 0.15) is 20.3 Å². The van der Waals surface area contributed by atoms with E-state index in [0.717, 1.165) is 12.6 Å². The largest absolute Gasteiger partial charge is 0.315 e. The molecule has 1 heterocycles. The van der Waals surface area contributed by atoms with Gasteiger partial charge in [0, 0.05) is 19.1 Å². The Balaban J connectivity index is 2.35. The summed E-state index contributed by atoms with van der Waals surface area (Å²) in [5, 5.41) is 3.40. The van der Waals surface area contributed by atoms with Gasteiger partial charge in [0.05, 0.1) is 0 Å². The summed E-state index contributed by atoms with van der Waals surface area (Å²) in [5.41, 5.74) is 0. The van der Waals surface area contributed by atoms with Crippen molar-refractivity contribution in [2.24, 2.45) is 0 Å². The first kappa shape index (κ1) is 8.02. The Kier molecular flexibility index (Phi) is 3.16. The van der Waals surface area contributed by atoms with E-state index in [1.54, 1.807) is 0 Å². The minimum Gasteiger partial charge on any atom is -0.315 e. The third-order valence-corrected chi connectivity index (χ3v) is 2.34. The average molecular weight is 142 g/mol. The fraction of sp³-hybridized carbons (Fsp3) is 1.00. The molecule has 1 aliphatic rings. The third kappa shape index (κ3) is 1.96. The second-order valence-electron chi connectivity index (χ2n) is 3.02. The van der Waals surface area contributed by atoms with Crippen LogP contribution in [0.5, 0.6) is 0 Å². The average Bonchev–Trinajstić information content (AvgIpc) is 2.13. The number of nitrogens with one attached hydrogen (secondary N) is 1. The predicted octanol–water partition coefficient (Wildman–Crippen LogP) is 0.690. The van der Waals surface area contributed by atoms with Crippen LogP contribution in [0, 0.1) is 0 Å². The molecule has 60 valence electrons. The lowest BCUT2D eigenvalue weighted by Gasteiger charge is -2.24. The Labute approximate surface area is 63.6 Å². The molecule has 1 rings (SSSR count). The highest BCUT2D eigenvalue weighted by Gasteiger charge is 2.13. The summed E-state index contributed by atoms with van der Waals surface area (Å²) >= 11 is 0. The van der Waals surface area contributed by atoms with Crippen LogP contribution in [0.25, 0.3) is 0 Å². The lowest BCUT2D eigenvalue weighted by molar-refractivity contribution is 0.232. The van der Waals surface area contributed by atoms with Crippen molar-refractivity contribution in [1.82, 2.24) is 10.2 Å². The summed E-state index contributed by atoms with van der Waals surface area (Å²) in [4.78, 5) is 2.53. The molecule has 0 aliphatic carbocycles. The normalized spacial score (nSPS) is 30.0. The van der Waals surface area contributed by atoms with Gasteiger partial charge in [-0.2, -0.15) is 0 Å². The molecule has 1 N–H and O–H groups in total. The molecule has 1 saturated heterocycles. The van der Waals surface area contributed by atoms with E-state index in [9.17, 15) is 0 Å². The minimum absolute atomic E-state index is 0.778. The van der Waals surface area contributed by atoms with E-state index in [1.165, 1.54) is 26.1 Å². The molecule has 1 aliphatic heterocycles. The number of rotatable bonds is 1. The van der Waals surface area contributed by atoms with Crippen molar-refractivity contribution in [2.45, 2.75) is 26.3 Å². The molecule has 0 aromatic heterocycles. The van der Waals surface area contributed by atoms with Crippen molar-refractivity contribution in [2.75, 3.05) is 26.2 Å². The number of likely N-dealkylation sites (N-methyl/N-ethyl adjacent to an activating group) is 1. The molecule has 2 heteroatoms. The molecule has 1 fully saturated rings. The molecule has 0 unspecified atom stereocenters. The maximum atomic E-state index is 3.40. The van der Waals surface area contributed by atoms with Gasteiger partial charge in [-0.1, -0.05) is 6.92 Å². The molecule has 0 saturated carbocycles. The maximum absolute atomic E-state index is 3.40. The van der Waals surface area contributed by atoms with Crippen molar-refractivity contribution >= 4 is 0 Å². The third-order valence-electron chi connectivity index (χ3n) is 2.34. The Morgan fingerprint density at radius 1 is 1.50 bits per heavy atom. The molecule has 10 heavy (non-hydrogen) atoms. The molecule has 0 bridgehead atoms. The summed E-state index contributed by atoms with van der Waals surface area (Å²) in [7, 11) is 0. The number of hydrogen-bond donors (Lipinski definition) is 1. The Bertz CT molecular complexity index is 93.3. The van der Waals surface area contributed by atoms with Gasteiger partial charge in [0.2, 0.25) is 0 Å². The highest BCUT2D eigenvalue weighted by Crippen LogP contribution is 2.04. The molecule has 1 atom stereocenters. The molecular formula is C8H18N2. The summed E-state index contributed by atoms with van der Waals surface area (Å²) in [6.45, 7) is 9.33. The Morgan fingerprint density at radius 2 is 2.30 bits per heavy atom. The van der Waals surface area contributed by atoms with Gasteiger partial charge < -0.3 is 5.32 Å². The quantitative estimate of drug-likeness (QED) is 0.579. The van der Waals surface area contributed by atoms with Crippen molar-refractivity contribution in [1.29, 1.82) is 0 Å². The van der Waals surface area contributed by atoms with Crippen LogP contribution in [0.2, 0.25) is 0 Å². The fourth-order valence-corrected chi connectivity index (χ4v) is 1.53. The van der Waals surface area contributed by atoms with Gasteiger partial charge in [0.25, 0.3) is 0 Å². The van der Waals surface area contributed by atoms with Crippen LogP contribution in [0.15, 0.2) is 0 Å². The van der Waals surface area contributed by atoms with E-state index in [2.05, 4.69) is 24.1 Å². The van der Waals surface area contributed by atoms with E-state index in [4.69, 9.17) is 0 Å². The molecule has 0 amide bonds. The fourth-order valence-electron chi connectivity index (χ4n) is 1.53. The zero-order valence-electron chi connectivity index (χ0n) is 7.06. The van der Waals surface area contributed by atoms with Crippen molar-refractivity contribution in [3.05, 3.63) is 0 Å². The van der Waals surface area contributed by atoms with Crippen LogP contribution in [-0.4, -0.2) is 37.1 Å². The van der Waals surface area contributed by atoms with Crippen LogP contribution < -0.4 is 5.32 Å². The van der Waals surface area contributed by atoms with Crippen molar-refractivity contribution < 1.29 is 0 Å². The first-order valence-corrected chi connectivity index (χ1v) is 4.29. The van der Waals surface area contributed by atoms with E-state index in [1.807, 2.05) is 0 Å². The second kappa shape index (κ2) is 3.94. The monoisotopic (exact) mass is 142 g/mol. The lowest BCUT2D eigenvalue weighted by atomic mass is 10.2. The van der Waals surface area contributed by atoms with E-state index >= 15 is 0 Å². The summed E-state index contributed by atoms with van der Waals surface area (Å²) in [6.07, 6.45) is 1.30. The van der Waals surface area contributed by atoms with E-state index < -0.39 is 0 Å². The first-order chi connectivity index (χ1) is 4.84. The predicted molar refractivity (Wildman–Crippen MR) is 44.2 cm³/mol. The highest BCUT2D eigenvalue weighted by molar-refractivity contribution is 4.71. The molecule has 0 aromatic rings. The van der Waals surface area contributed by atoms with Gasteiger partial charge in [-0.15, -0.1) is 0 Å². The molecule has 0 radical (unpaired) electrons. The van der Waals surface area contributed by atoms with Gasteiger partial charge in [-0.05, 0) is 26.4 Å². The van der Waals surface area contributed by atoms with Crippen molar-refractivity contribution in [3.63, 3.8) is 0 Å². The smallest absolute Gasteiger partial charge is 0.0110 e. The van der Waals surface area contributed by atoms with Gasteiger partial charge in [-0.3, -0.25) is 4.90 Å². The van der Waals surface area contributed by atoms with Gasteiger partial charge >= 0.3 is 0 Å². The molecule has 2 nitrogen and oxygen atoms in total. The van der Waals surface area contributed by atoms with E-state index in [0.29, 0.717) is 0 Å². The summed E-state index contributed by atoms with van der Waals surface area (Å²) < 4.78 is 0. The van der Waals surface area contributed by atoms with Crippen LogP contribution in [-0.2, 0) is 0 Å². The molecular weight excluding hydrogens is 124 g/mol. The molecule has 0 aromatic carbocycles. The number of hydrogen-bond acceptors (Lipinski definition) is 2. The van der Waals surface area contributed by atoms with Gasteiger partial charge in [0.1, 0.15) is 0 Å². The van der Waals surface area contributed by atoms with E-state index in [-0.39, 0.29) is 0 Å². The Hall–Kier alpha value is -0.0800. The second-order valence-corrected chi connectivity index (χ2v) is 3.02. The first-order valence-electron chi connectivity index (χ1n) is 4.29. The minimum atomic E-state index is 0.778. The van der Waals surface area contributed by atoms with Crippen molar-refractivity contribution in [3.8, 4) is 0 Å².